The van der Waals surface area contributed by atoms with Gasteiger partial charge in [0.15, 0.2) is 11.4 Å². The smallest absolute Gasteiger partial charge is 0.360 e. The zero-order valence-electron chi connectivity index (χ0n) is 32.2. The molecule has 0 atom stereocenters. The maximum Gasteiger partial charge on any atom is 0.360 e. The van der Waals surface area contributed by atoms with Gasteiger partial charge in [0.1, 0.15) is 47.7 Å². The number of carbonyl (C=O) groups is 3. The summed E-state index contributed by atoms with van der Waals surface area (Å²) in [6.45, 7) is -0.407. The Morgan fingerprint density at radius 2 is 0.864 bits per heavy atom. The van der Waals surface area contributed by atoms with Crippen molar-refractivity contribution >= 4 is 28.7 Å². The van der Waals surface area contributed by atoms with E-state index in [4.69, 9.17) is 37.9 Å². The lowest BCUT2D eigenvalue weighted by Crippen LogP contribution is -2.13. The van der Waals surface area contributed by atoms with Crippen molar-refractivity contribution in [1.82, 2.24) is 4.98 Å². The van der Waals surface area contributed by atoms with Crippen LogP contribution in [0.25, 0.3) is 10.8 Å². The monoisotopic (exact) mass is 791 g/mol. The van der Waals surface area contributed by atoms with Crippen molar-refractivity contribution in [3.63, 3.8) is 0 Å². The van der Waals surface area contributed by atoms with Crippen LogP contribution >= 0.6 is 0 Å². The van der Waals surface area contributed by atoms with Crippen LogP contribution in [-0.2, 0) is 27.4 Å². The molecule has 296 valence electrons. The molecule has 1 heterocycles. The lowest BCUT2D eigenvalue weighted by atomic mass is 10.1. The Morgan fingerprint density at radius 3 is 1.32 bits per heavy atom. The van der Waals surface area contributed by atoms with Gasteiger partial charge in [-0.05, 0) is 91.0 Å². The Kier molecular flexibility index (Phi) is 12.3. The lowest BCUT2D eigenvalue weighted by Gasteiger charge is -2.18. The van der Waals surface area contributed by atoms with Gasteiger partial charge < -0.3 is 37.9 Å². The minimum absolute atomic E-state index is 0.00460. The van der Waals surface area contributed by atoms with Gasteiger partial charge in [-0.15, -0.1) is 0 Å². The quantitative estimate of drug-likeness (QED) is 0.0721. The summed E-state index contributed by atoms with van der Waals surface area (Å²) in [7, 11) is 3.78. The molecule has 6 aromatic carbocycles. The molecule has 0 saturated heterocycles. The topological polar surface area (TPSA) is 138 Å². The van der Waals surface area contributed by atoms with E-state index < -0.39 is 17.9 Å². The molecule has 0 aliphatic heterocycles. The maximum absolute atomic E-state index is 13.5. The number of nitrogens with zero attached hydrogens (tertiary/aromatic N) is 1. The third-order valence-electron chi connectivity index (χ3n) is 8.91. The van der Waals surface area contributed by atoms with Crippen molar-refractivity contribution in [2.45, 2.75) is 13.2 Å². The SMILES string of the molecule is COC(=O)c1ccc(Oc2ccccc2)cc1COc1nc(C(=O)OC)c(OCc2cc(Oc3ccccc3)ccc2C(=O)OC)c2ccc(Oc3ccccc3)cc12. The third-order valence-corrected chi connectivity index (χ3v) is 8.91. The summed E-state index contributed by atoms with van der Waals surface area (Å²) in [6, 6.07) is 42.4. The zero-order valence-corrected chi connectivity index (χ0v) is 32.2. The number of pyridine rings is 1. The van der Waals surface area contributed by atoms with E-state index in [0.29, 0.717) is 56.4 Å². The highest BCUT2D eigenvalue weighted by Crippen LogP contribution is 2.39. The molecule has 0 amide bonds. The van der Waals surface area contributed by atoms with Gasteiger partial charge in [-0.3, -0.25) is 0 Å². The summed E-state index contributed by atoms with van der Waals surface area (Å²) < 4.78 is 46.3. The Balaban J connectivity index is 1.29. The average molecular weight is 792 g/mol. The predicted octanol–water partition coefficient (Wildman–Crippen LogP) is 10.1. The summed E-state index contributed by atoms with van der Waals surface area (Å²) in [5.74, 6) is 1.13. The standard InChI is InChI=1S/C47H37NO11/c1-52-45(49)38-22-19-35(57-32-13-7-4-8-14-32)25-30(38)28-55-43-40-24-21-37(59-34-17-11-6-12-18-34)27-41(40)44(48-42(43)47(51)54-3)56-29-31-26-36(20-23-39(31)46(50)53-2)58-33-15-9-5-10-16-33/h4-27H,28-29H2,1-3H3. The van der Waals surface area contributed by atoms with Crippen LogP contribution in [0.5, 0.6) is 46.1 Å². The number of hydrogen-bond acceptors (Lipinski definition) is 12. The van der Waals surface area contributed by atoms with Gasteiger partial charge in [0.2, 0.25) is 5.88 Å². The molecule has 0 aliphatic carbocycles. The molecule has 7 rings (SSSR count). The molecule has 0 N–H and O–H groups in total. The molecule has 0 saturated carbocycles. The van der Waals surface area contributed by atoms with Gasteiger partial charge in [0.25, 0.3) is 0 Å². The van der Waals surface area contributed by atoms with Crippen LogP contribution in [0.3, 0.4) is 0 Å². The van der Waals surface area contributed by atoms with Crippen LogP contribution in [0.4, 0.5) is 0 Å². The Bertz CT molecular complexity index is 2600. The first-order chi connectivity index (χ1) is 28.8. The van der Waals surface area contributed by atoms with Gasteiger partial charge in [0, 0.05) is 16.5 Å². The fraction of sp³-hybridized carbons (Fsp3) is 0.106. The number of rotatable bonds is 15. The highest BCUT2D eigenvalue weighted by Gasteiger charge is 2.25. The molecule has 0 bridgehead atoms. The summed E-state index contributed by atoms with van der Waals surface area (Å²) >= 11 is 0. The number of fused-ring (bicyclic) bond motifs is 1. The largest absolute Gasteiger partial charge is 0.486 e. The first-order valence-corrected chi connectivity index (χ1v) is 18.3. The molecular weight excluding hydrogens is 755 g/mol. The molecule has 0 unspecified atom stereocenters. The molecule has 0 spiro atoms. The third kappa shape index (κ3) is 9.41. The number of carbonyl (C=O) groups excluding carboxylic acids is 3. The van der Waals surface area contributed by atoms with E-state index in [-0.39, 0.29) is 41.7 Å². The van der Waals surface area contributed by atoms with Crippen LogP contribution < -0.4 is 23.7 Å². The molecule has 59 heavy (non-hydrogen) atoms. The molecule has 0 aliphatic rings. The first-order valence-electron chi connectivity index (χ1n) is 18.3. The normalized spacial score (nSPS) is 10.6. The number of methoxy groups -OCH3 is 3. The second kappa shape index (κ2) is 18.4. The van der Waals surface area contributed by atoms with Gasteiger partial charge in [0.05, 0.1) is 37.8 Å². The first kappa shape index (κ1) is 39.4. The number of aromatic nitrogens is 1. The van der Waals surface area contributed by atoms with E-state index in [1.54, 1.807) is 78.9 Å². The Hall–Kier alpha value is -7.86. The average Bonchev–Trinajstić information content (AvgIpc) is 3.28. The van der Waals surface area contributed by atoms with Crippen molar-refractivity contribution in [2.24, 2.45) is 0 Å². The fourth-order valence-corrected chi connectivity index (χ4v) is 6.09. The highest BCUT2D eigenvalue weighted by atomic mass is 16.5. The number of hydrogen-bond donors (Lipinski definition) is 0. The van der Waals surface area contributed by atoms with Crippen molar-refractivity contribution < 1.29 is 52.3 Å². The van der Waals surface area contributed by atoms with Crippen molar-refractivity contribution in [2.75, 3.05) is 21.3 Å². The van der Waals surface area contributed by atoms with E-state index in [1.165, 1.54) is 21.3 Å². The lowest BCUT2D eigenvalue weighted by molar-refractivity contribution is 0.0578. The Labute approximate surface area is 339 Å². The van der Waals surface area contributed by atoms with Gasteiger partial charge >= 0.3 is 17.9 Å². The second-order valence-electron chi connectivity index (χ2n) is 12.7. The second-order valence-corrected chi connectivity index (χ2v) is 12.7. The number of benzene rings is 6. The zero-order chi connectivity index (χ0) is 41.1. The van der Waals surface area contributed by atoms with Crippen LogP contribution in [0, 0.1) is 0 Å². The van der Waals surface area contributed by atoms with Crippen molar-refractivity contribution in [3.05, 3.63) is 174 Å². The molecule has 0 fully saturated rings. The van der Waals surface area contributed by atoms with Gasteiger partial charge in [-0.25, -0.2) is 19.4 Å². The van der Waals surface area contributed by atoms with Crippen LogP contribution in [0.2, 0.25) is 0 Å². The molecular formula is C47H37NO11. The molecule has 7 aromatic rings. The summed E-state index contributed by atoms with van der Waals surface area (Å²) in [5.41, 5.74) is 1.08. The molecule has 1 aromatic heterocycles. The van der Waals surface area contributed by atoms with Crippen molar-refractivity contribution in [1.29, 1.82) is 0 Å². The van der Waals surface area contributed by atoms with Gasteiger partial charge in [-0.1, -0.05) is 54.6 Å². The van der Waals surface area contributed by atoms with E-state index >= 15 is 0 Å². The minimum Gasteiger partial charge on any atom is -0.486 e. The van der Waals surface area contributed by atoms with E-state index in [9.17, 15) is 14.4 Å². The maximum atomic E-state index is 13.5. The van der Waals surface area contributed by atoms with E-state index in [0.717, 1.165) is 0 Å². The number of esters is 3. The Morgan fingerprint density at radius 1 is 0.441 bits per heavy atom. The van der Waals surface area contributed by atoms with Crippen molar-refractivity contribution in [3.8, 4) is 46.1 Å². The minimum atomic E-state index is -0.820. The highest BCUT2D eigenvalue weighted by molar-refractivity contribution is 6.02. The summed E-state index contributed by atoms with van der Waals surface area (Å²) in [5, 5.41) is 0.799. The molecule has 0 radical (unpaired) electrons. The predicted molar refractivity (Wildman–Crippen MR) is 217 cm³/mol. The van der Waals surface area contributed by atoms with Crippen LogP contribution in [-0.4, -0.2) is 44.2 Å². The number of para-hydroxylation sites is 3. The summed E-state index contributed by atoms with van der Waals surface area (Å²) in [6.07, 6.45) is 0. The van der Waals surface area contributed by atoms with Gasteiger partial charge in [-0.2, -0.15) is 0 Å². The van der Waals surface area contributed by atoms with Crippen LogP contribution in [0.1, 0.15) is 42.3 Å². The van der Waals surface area contributed by atoms with E-state index in [1.807, 2.05) is 66.7 Å². The fourth-order valence-electron chi connectivity index (χ4n) is 6.09. The van der Waals surface area contributed by atoms with E-state index in [2.05, 4.69) is 4.98 Å². The van der Waals surface area contributed by atoms with Crippen LogP contribution in [0.15, 0.2) is 146 Å². The summed E-state index contributed by atoms with van der Waals surface area (Å²) in [4.78, 5) is 43.9. The molecule has 12 heteroatoms. The molecule has 12 nitrogen and oxygen atoms in total. The number of ether oxygens (including phenoxy) is 8.